The van der Waals surface area contributed by atoms with Crippen molar-refractivity contribution >= 4 is 11.6 Å². The summed E-state index contributed by atoms with van der Waals surface area (Å²) < 4.78 is 5.33. The van der Waals surface area contributed by atoms with E-state index in [0.717, 1.165) is 18.5 Å². The second-order valence-corrected chi connectivity index (χ2v) is 4.36. The monoisotopic (exact) mass is 228 g/mol. The van der Waals surface area contributed by atoms with Crippen molar-refractivity contribution in [1.29, 1.82) is 0 Å². The predicted molar refractivity (Wildman–Crippen MR) is 61.1 cm³/mol. The fourth-order valence-corrected chi connectivity index (χ4v) is 1.41. The van der Waals surface area contributed by atoms with Crippen LogP contribution in [0.4, 0.5) is 0 Å². The molecule has 0 N–H and O–H groups in total. The molecule has 1 aromatic rings. The van der Waals surface area contributed by atoms with Gasteiger partial charge in [-0.15, -0.1) is 0 Å². The van der Waals surface area contributed by atoms with Gasteiger partial charge in [-0.05, 0) is 26.3 Å². The van der Waals surface area contributed by atoms with Crippen molar-refractivity contribution in [1.82, 2.24) is 9.97 Å². The van der Waals surface area contributed by atoms with E-state index in [4.69, 9.17) is 16.3 Å². The zero-order chi connectivity index (χ0) is 11.5. The molecule has 1 rings (SSSR count). The van der Waals surface area contributed by atoms with Crippen molar-refractivity contribution in [3.63, 3.8) is 0 Å². The van der Waals surface area contributed by atoms with Crippen molar-refractivity contribution in [3.05, 3.63) is 22.7 Å². The highest BCUT2D eigenvalue weighted by Crippen LogP contribution is 2.22. The molecule has 0 bridgehead atoms. The lowest BCUT2D eigenvalue weighted by atomic mass is 10.1. The maximum Gasteiger partial charge on any atom is 0.161 e. The molecule has 0 unspecified atom stereocenters. The molecule has 0 spiro atoms. The summed E-state index contributed by atoms with van der Waals surface area (Å²) in [5.41, 5.74) is 0.477. The second kappa shape index (κ2) is 4.90. The summed E-state index contributed by atoms with van der Waals surface area (Å²) in [6, 6.07) is 1.81. The largest absolute Gasteiger partial charge is 0.371 e. The third-order valence-corrected chi connectivity index (χ3v) is 2.50. The number of hydrogen-bond acceptors (Lipinski definition) is 3. The van der Waals surface area contributed by atoms with Crippen LogP contribution in [0.3, 0.4) is 0 Å². The molecule has 0 aliphatic heterocycles. The third-order valence-electron chi connectivity index (χ3n) is 2.30. The van der Waals surface area contributed by atoms with E-state index in [-0.39, 0.29) is 0 Å². The Balaban J connectivity index is 3.08. The van der Waals surface area contributed by atoms with Crippen LogP contribution in [-0.2, 0) is 16.8 Å². The van der Waals surface area contributed by atoms with Crippen LogP contribution in [0.15, 0.2) is 6.07 Å². The summed E-state index contributed by atoms with van der Waals surface area (Å²) in [6.07, 6.45) is 1.95. The van der Waals surface area contributed by atoms with E-state index in [1.807, 2.05) is 13.8 Å². The van der Waals surface area contributed by atoms with Gasteiger partial charge in [-0.1, -0.05) is 24.9 Å². The number of aryl methyl sites for hydroxylation is 1. The first-order valence-corrected chi connectivity index (χ1v) is 5.46. The molecule has 0 aliphatic rings. The molecule has 1 heterocycles. The van der Waals surface area contributed by atoms with Crippen LogP contribution in [0.2, 0.25) is 5.15 Å². The van der Waals surface area contributed by atoms with Crippen molar-refractivity contribution in [2.75, 3.05) is 7.11 Å². The number of rotatable bonds is 4. The quantitative estimate of drug-likeness (QED) is 0.744. The predicted octanol–water partition coefficient (Wildman–Crippen LogP) is 2.96. The van der Waals surface area contributed by atoms with Gasteiger partial charge >= 0.3 is 0 Å². The van der Waals surface area contributed by atoms with Gasteiger partial charge in [-0.3, -0.25) is 0 Å². The van der Waals surface area contributed by atoms with Gasteiger partial charge in [0.1, 0.15) is 10.8 Å². The molecule has 0 aliphatic carbocycles. The van der Waals surface area contributed by atoms with Gasteiger partial charge in [0.25, 0.3) is 0 Å². The molecule has 0 saturated carbocycles. The molecule has 0 saturated heterocycles. The zero-order valence-electron chi connectivity index (χ0n) is 9.67. The maximum atomic E-state index is 5.94. The Hall–Kier alpha value is -0.670. The van der Waals surface area contributed by atoms with Crippen LogP contribution < -0.4 is 0 Å². The Labute approximate surface area is 95.8 Å². The van der Waals surface area contributed by atoms with E-state index >= 15 is 0 Å². The highest BCUT2D eigenvalue weighted by atomic mass is 35.5. The van der Waals surface area contributed by atoms with Gasteiger partial charge in [-0.25, -0.2) is 9.97 Å². The van der Waals surface area contributed by atoms with Crippen LogP contribution in [0.25, 0.3) is 0 Å². The van der Waals surface area contributed by atoms with E-state index in [2.05, 4.69) is 16.9 Å². The van der Waals surface area contributed by atoms with Crippen molar-refractivity contribution < 1.29 is 4.74 Å². The zero-order valence-corrected chi connectivity index (χ0v) is 10.4. The molecular weight excluding hydrogens is 212 g/mol. The molecule has 0 radical (unpaired) electrons. The van der Waals surface area contributed by atoms with Crippen LogP contribution in [0.5, 0.6) is 0 Å². The number of ether oxygens (including phenoxy) is 1. The molecular formula is C11H17ClN2O. The number of aromatic nitrogens is 2. The minimum atomic E-state index is -0.493. The third kappa shape index (κ3) is 3.14. The van der Waals surface area contributed by atoms with Gasteiger partial charge < -0.3 is 4.74 Å². The first kappa shape index (κ1) is 12.4. The Morgan fingerprint density at radius 1 is 1.40 bits per heavy atom. The Bertz CT molecular complexity index is 339. The highest BCUT2D eigenvalue weighted by Gasteiger charge is 2.23. The van der Waals surface area contributed by atoms with Crippen LogP contribution in [0, 0.1) is 0 Å². The minimum absolute atomic E-state index is 0.480. The summed E-state index contributed by atoms with van der Waals surface area (Å²) in [5.74, 6) is 0.640. The fourth-order valence-electron chi connectivity index (χ4n) is 1.21. The molecule has 4 heteroatoms. The van der Waals surface area contributed by atoms with E-state index in [9.17, 15) is 0 Å². The molecule has 84 valence electrons. The maximum absolute atomic E-state index is 5.94. The average molecular weight is 229 g/mol. The minimum Gasteiger partial charge on any atom is -0.371 e. The van der Waals surface area contributed by atoms with Crippen molar-refractivity contribution in [2.24, 2.45) is 0 Å². The number of hydrogen-bond donors (Lipinski definition) is 0. The normalized spacial score (nSPS) is 11.8. The van der Waals surface area contributed by atoms with E-state index < -0.39 is 5.60 Å². The summed E-state index contributed by atoms with van der Waals surface area (Å²) in [4.78, 5) is 8.63. The van der Waals surface area contributed by atoms with Crippen LogP contribution in [-0.4, -0.2) is 17.1 Å². The fraction of sp³-hybridized carbons (Fsp3) is 0.636. The summed E-state index contributed by atoms with van der Waals surface area (Å²) in [6.45, 7) is 5.96. The second-order valence-electron chi connectivity index (χ2n) is 3.97. The molecule has 0 atom stereocenters. The molecule has 0 aromatic carbocycles. The van der Waals surface area contributed by atoms with Gasteiger partial charge in [0, 0.05) is 12.8 Å². The van der Waals surface area contributed by atoms with E-state index in [0.29, 0.717) is 11.0 Å². The highest BCUT2D eigenvalue weighted by molar-refractivity contribution is 6.29. The van der Waals surface area contributed by atoms with Gasteiger partial charge in [-0.2, -0.15) is 0 Å². The van der Waals surface area contributed by atoms with Crippen molar-refractivity contribution in [2.45, 2.75) is 39.2 Å². The van der Waals surface area contributed by atoms with E-state index in [1.54, 1.807) is 13.2 Å². The molecule has 3 nitrogen and oxygen atoms in total. The number of halogens is 1. The Morgan fingerprint density at radius 2 is 2.07 bits per heavy atom. The SMILES string of the molecule is CCCc1cc(Cl)nc(C(C)(C)OC)n1. The standard InChI is InChI=1S/C11H17ClN2O/c1-5-6-8-7-9(12)14-10(13-8)11(2,3)15-4/h7H,5-6H2,1-4H3. The summed E-state index contributed by atoms with van der Waals surface area (Å²) >= 11 is 5.94. The topological polar surface area (TPSA) is 35.0 Å². The lowest BCUT2D eigenvalue weighted by molar-refractivity contribution is 0.0113. The molecule has 0 amide bonds. The Kier molecular flexibility index (Phi) is 4.05. The lowest BCUT2D eigenvalue weighted by Crippen LogP contribution is -2.23. The summed E-state index contributed by atoms with van der Waals surface area (Å²) in [7, 11) is 1.64. The van der Waals surface area contributed by atoms with Gasteiger partial charge in [0.15, 0.2) is 5.82 Å². The van der Waals surface area contributed by atoms with Gasteiger partial charge in [0.2, 0.25) is 0 Å². The number of methoxy groups -OCH3 is 1. The Morgan fingerprint density at radius 3 is 2.60 bits per heavy atom. The average Bonchev–Trinajstić information content (AvgIpc) is 2.17. The van der Waals surface area contributed by atoms with Crippen molar-refractivity contribution in [3.8, 4) is 0 Å². The smallest absolute Gasteiger partial charge is 0.161 e. The van der Waals surface area contributed by atoms with E-state index in [1.165, 1.54) is 0 Å². The first-order valence-electron chi connectivity index (χ1n) is 5.08. The molecule has 0 fully saturated rings. The summed E-state index contributed by atoms with van der Waals surface area (Å²) in [5, 5.41) is 0.480. The lowest BCUT2D eigenvalue weighted by Gasteiger charge is -2.21. The first-order chi connectivity index (χ1) is 6.99. The van der Waals surface area contributed by atoms with Gasteiger partial charge in [0.05, 0.1) is 0 Å². The number of nitrogens with zero attached hydrogens (tertiary/aromatic N) is 2. The molecule has 1 aromatic heterocycles. The van der Waals surface area contributed by atoms with Crippen LogP contribution >= 0.6 is 11.6 Å². The van der Waals surface area contributed by atoms with Crippen LogP contribution in [0.1, 0.15) is 38.7 Å². The molecule has 15 heavy (non-hydrogen) atoms.